The van der Waals surface area contributed by atoms with Gasteiger partial charge in [-0.15, -0.1) is 0 Å². The number of aliphatic hydroxyl groups excluding tert-OH is 2. The summed E-state index contributed by atoms with van der Waals surface area (Å²) in [6.45, 7) is 7.33. The second-order valence-electron chi connectivity index (χ2n) is 6.81. The van der Waals surface area contributed by atoms with Crippen LogP contribution in [0.25, 0.3) is 0 Å². The summed E-state index contributed by atoms with van der Waals surface area (Å²) in [4.78, 5) is 0. The first-order chi connectivity index (χ1) is 7.95. The Bertz CT molecular complexity index is 319. The van der Waals surface area contributed by atoms with Crippen molar-refractivity contribution in [2.75, 3.05) is 13.2 Å². The Morgan fingerprint density at radius 1 is 1.24 bits per heavy atom. The zero-order valence-electron chi connectivity index (χ0n) is 11.4. The Hall–Kier alpha value is -0.340. The van der Waals surface area contributed by atoms with Crippen LogP contribution in [0.15, 0.2) is 11.6 Å². The molecule has 0 radical (unpaired) electrons. The molecule has 0 aromatic carbocycles. The maximum atomic E-state index is 9.71. The van der Waals surface area contributed by atoms with Crippen LogP contribution in [0.4, 0.5) is 0 Å². The van der Waals surface area contributed by atoms with E-state index in [1.54, 1.807) is 0 Å². The molecule has 0 saturated heterocycles. The van der Waals surface area contributed by atoms with Crippen molar-refractivity contribution in [2.24, 2.45) is 22.7 Å². The highest BCUT2D eigenvalue weighted by molar-refractivity contribution is 5.20. The molecule has 0 heterocycles. The van der Waals surface area contributed by atoms with Crippen LogP contribution in [0.5, 0.6) is 0 Å². The molecule has 98 valence electrons. The summed E-state index contributed by atoms with van der Waals surface area (Å²) in [5.41, 5.74) is 1.59. The van der Waals surface area contributed by atoms with Gasteiger partial charge in [0.1, 0.15) is 0 Å². The van der Waals surface area contributed by atoms with Crippen LogP contribution < -0.4 is 0 Å². The molecule has 0 unspecified atom stereocenters. The van der Waals surface area contributed by atoms with E-state index < -0.39 is 0 Å². The number of hydrogen-bond donors (Lipinski definition) is 2. The van der Waals surface area contributed by atoms with Gasteiger partial charge in [-0.25, -0.2) is 0 Å². The maximum Gasteiger partial charge on any atom is 0.0645 e. The number of aliphatic hydroxyl groups is 2. The quantitative estimate of drug-likeness (QED) is 0.726. The third-order valence-electron chi connectivity index (χ3n) is 5.50. The van der Waals surface area contributed by atoms with E-state index in [4.69, 9.17) is 0 Å². The van der Waals surface area contributed by atoms with Crippen molar-refractivity contribution >= 4 is 0 Å². The molecule has 2 heteroatoms. The van der Waals surface area contributed by atoms with Crippen LogP contribution >= 0.6 is 0 Å². The van der Waals surface area contributed by atoms with Gasteiger partial charge in [0.15, 0.2) is 0 Å². The number of hydrogen-bond acceptors (Lipinski definition) is 2. The largest absolute Gasteiger partial charge is 0.396 e. The highest BCUT2D eigenvalue weighted by Gasteiger charge is 2.51. The van der Waals surface area contributed by atoms with Gasteiger partial charge in [0, 0.05) is 5.92 Å². The van der Waals surface area contributed by atoms with Crippen LogP contribution in [0.2, 0.25) is 0 Å². The standard InChI is InChI=1S/C15H26O2/c1-14(2)7-4-8-15(3)12(10-17)11(9-16)5-6-13(14)15/h5,12-13,16-17H,4,6-10H2,1-3H3/t12-,13+,15-/m1/s1. The number of rotatable bonds is 2. The van der Waals surface area contributed by atoms with E-state index in [0.717, 1.165) is 12.0 Å². The second-order valence-corrected chi connectivity index (χ2v) is 6.81. The van der Waals surface area contributed by atoms with Gasteiger partial charge in [-0.1, -0.05) is 33.3 Å². The first-order valence-electron chi connectivity index (χ1n) is 6.86. The van der Waals surface area contributed by atoms with Gasteiger partial charge in [0.2, 0.25) is 0 Å². The average Bonchev–Trinajstić information content (AvgIpc) is 2.26. The average molecular weight is 238 g/mol. The highest BCUT2D eigenvalue weighted by atomic mass is 16.3. The molecule has 0 amide bonds. The molecular weight excluding hydrogens is 212 g/mol. The van der Waals surface area contributed by atoms with Crippen LogP contribution in [0.1, 0.15) is 46.5 Å². The van der Waals surface area contributed by atoms with Crippen LogP contribution in [-0.4, -0.2) is 23.4 Å². The summed E-state index contributed by atoms with van der Waals surface area (Å²) in [5.74, 6) is 0.794. The molecule has 0 aromatic rings. The van der Waals surface area contributed by atoms with Gasteiger partial charge < -0.3 is 10.2 Å². The molecule has 3 atom stereocenters. The van der Waals surface area contributed by atoms with Gasteiger partial charge in [0.05, 0.1) is 13.2 Å². The van der Waals surface area contributed by atoms with Gasteiger partial charge in [-0.2, -0.15) is 0 Å². The Balaban J connectivity index is 2.38. The van der Waals surface area contributed by atoms with Gasteiger partial charge in [0.25, 0.3) is 0 Å². The minimum absolute atomic E-state index is 0.105. The summed E-state index contributed by atoms with van der Waals surface area (Å²) in [5, 5.41) is 19.2. The fourth-order valence-corrected chi connectivity index (χ4v) is 4.51. The fraction of sp³-hybridized carbons (Fsp3) is 0.867. The molecule has 1 fully saturated rings. The molecule has 0 aromatic heterocycles. The molecule has 1 saturated carbocycles. The van der Waals surface area contributed by atoms with Gasteiger partial charge in [-0.05, 0) is 41.6 Å². The van der Waals surface area contributed by atoms with Crippen molar-refractivity contribution in [1.29, 1.82) is 0 Å². The van der Waals surface area contributed by atoms with Crippen LogP contribution in [-0.2, 0) is 0 Å². The molecule has 0 aliphatic heterocycles. The summed E-state index contributed by atoms with van der Waals surface area (Å²) in [6, 6.07) is 0. The normalized spacial score (nSPS) is 40.6. The topological polar surface area (TPSA) is 40.5 Å². The Morgan fingerprint density at radius 3 is 2.53 bits per heavy atom. The zero-order chi connectivity index (χ0) is 12.7. The molecule has 17 heavy (non-hydrogen) atoms. The lowest BCUT2D eigenvalue weighted by molar-refractivity contribution is -0.0539. The molecule has 2 aliphatic carbocycles. The molecule has 0 spiro atoms. The Morgan fingerprint density at radius 2 is 1.94 bits per heavy atom. The van der Waals surface area contributed by atoms with Crippen LogP contribution in [0, 0.1) is 22.7 Å². The van der Waals surface area contributed by atoms with E-state index in [2.05, 4.69) is 26.8 Å². The summed E-state index contributed by atoms with van der Waals surface area (Å²) in [6.07, 6.45) is 6.96. The minimum atomic E-state index is 0.105. The lowest BCUT2D eigenvalue weighted by Crippen LogP contribution is -2.50. The zero-order valence-corrected chi connectivity index (χ0v) is 11.4. The lowest BCUT2D eigenvalue weighted by atomic mass is 9.49. The van der Waals surface area contributed by atoms with E-state index in [-0.39, 0.29) is 24.5 Å². The van der Waals surface area contributed by atoms with E-state index in [1.807, 2.05) is 0 Å². The summed E-state index contributed by atoms with van der Waals surface area (Å²) < 4.78 is 0. The van der Waals surface area contributed by atoms with E-state index in [1.165, 1.54) is 19.3 Å². The Labute approximate surface area is 105 Å². The molecule has 2 N–H and O–H groups in total. The molecular formula is C15H26O2. The van der Waals surface area contributed by atoms with Crippen molar-refractivity contribution in [3.8, 4) is 0 Å². The van der Waals surface area contributed by atoms with E-state index >= 15 is 0 Å². The maximum absolute atomic E-state index is 9.71. The van der Waals surface area contributed by atoms with Gasteiger partial charge >= 0.3 is 0 Å². The number of allylic oxidation sites excluding steroid dienone is 1. The smallest absolute Gasteiger partial charge is 0.0645 e. The van der Waals surface area contributed by atoms with Crippen molar-refractivity contribution in [1.82, 2.24) is 0 Å². The van der Waals surface area contributed by atoms with Gasteiger partial charge in [-0.3, -0.25) is 0 Å². The number of fused-ring (bicyclic) bond motifs is 1. The third-order valence-corrected chi connectivity index (χ3v) is 5.50. The summed E-state index contributed by atoms with van der Waals surface area (Å²) in [7, 11) is 0. The van der Waals surface area contributed by atoms with Crippen LogP contribution in [0.3, 0.4) is 0 Å². The minimum Gasteiger partial charge on any atom is -0.396 e. The van der Waals surface area contributed by atoms with Crippen molar-refractivity contribution in [2.45, 2.75) is 46.5 Å². The molecule has 2 rings (SSSR count). The molecule has 2 aliphatic rings. The predicted octanol–water partition coefficient (Wildman–Crippen LogP) is 2.75. The van der Waals surface area contributed by atoms with Crippen molar-refractivity contribution in [3.63, 3.8) is 0 Å². The monoisotopic (exact) mass is 238 g/mol. The third kappa shape index (κ3) is 1.96. The molecule has 0 bridgehead atoms. The predicted molar refractivity (Wildman–Crippen MR) is 69.6 cm³/mol. The second kappa shape index (κ2) is 4.40. The van der Waals surface area contributed by atoms with Crippen molar-refractivity contribution in [3.05, 3.63) is 11.6 Å². The van der Waals surface area contributed by atoms with E-state index in [9.17, 15) is 10.2 Å². The lowest BCUT2D eigenvalue weighted by Gasteiger charge is -2.56. The highest BCUT2D eigenvalue weighted by Crippen LogP contribution is 2.59. The first-order valence-corrected chi connectivity index (χ1v) is 6.86. The Kier molecular flexibility index (Phi) is 3.39. The van der Waals surface area contributed by atoms with Crippen molar-refractivity contribution < 1.29 is 10.2 Å². The van der Waals surface area contributed by atoms with E-state index in [0.29, 0.717) is 11.3 Å². The first kappa shape index (κ1) is 13.1. The molecule has 2 nitrogen and oxygen atoms in total. The fourth-order valence-electron chi connectivity index (χ4n) is 4.51. The summed E-state index contributed by atoms with van der Waals surface area (Å²) >= 11 is 0. The SMILES string of the molecule is CC1(C)CCC[C@]2(C)[C@H](CO)C(CO)=CC[C@@H]12.